The highest BCUT2D eigenvalue weighted by Crippen LogP contribution is 2.42. The fraction of sp³-hybridized carbons (Fsp3) is 0.867. The summed E-state index contributed by atoms with van der Waals surface area (Å²) in [4.78, 5) is 11.8. The van der Waals surface area contributed by atoms with E-state index in [-0.39, 0.29) is 5.41 Å². The van der Waals surface area contributed by atoms with E-state index in [1.165, 1.54) is 12.8 Å². The Hall–Kier alpha value is -1.46. The first-order valence-corrected chi connectivity index (χ1v) is 8.06. The predicted octanol–water partition coefficient (Wildman–Crippen LogP) is 2.54. The second-order valence-corrected chi connectivity index (χ2v) is 7.07. The molecule has 1 N–H and O–H groups in total. The standard InChI is InChI=1S/C15H24N4O2/c1-14(7-5-6-8-14)12-16-17-18-19(12)11-15(13(20)21)9-3-2-4-10-15/h2-11H2,1H3,(H,20,21). The second-order valence-electron chi connectivity index (χ2n) is 7.07. The molecule has 6 nitrogen and oxygen atoms in total. The van der Waals surface area contributed by atoms with E-state index in [1.807, 2.05) is 0 Å². The van der Waals surface area contributed by atoms with Crippen molar-refractivity contribution >= 4 is 5.97 Å². The summed E-state index contributed by atoms with van der Waals surface area (Å²) >= 11 is 0. The third-order valence-corrected chi connectivity index (χ3v) is 5.50. The van der Waals surface area contributed by atoms with E-state index < -0.39 is 11.4 Å². The summed E-state index contributed by atoms with van der Waals surface area (Å²) in [5.74, 6) is 0.187. The number of tetrazole rings is 1. The minimum Gasteiger partial charge on any atom is -0.481 e. The number of hydrogen-bond donors (Lipinski definition) is 1. The van der Waals surface area contributed by atoms with Crippen molar-refractivity contribution in [3.63, 3.8) is 0 Å². The summed E-state index contributed by atoms with van der Waals surface area (Å²) in [7, 11) is 0. The Labute approximate surface area is 124 Å². The van der Waals surface area contributed by atoms with Crippen molar-refractivity contribution in [2.24, 2.45) is 5.41 Å². The summed E-state index contributed by atoms with van der Waals surface area (Å²) in [6.07, 6.45) is 9.16. The molecule has 2 aliphatic carbocycles. The fourth-order valence-corrected chi connectivity index (χ4v) is 4.08. The number of aromatic nitrogens is 4. The van der Waals surface area contributed by atoms with Gasteiger partial charge in [-0.05, 0) is 36.1 Å². The molecule has 0 atom stereocenters. The molecule has 0 spiro atoms. The van der Waals surface area contributed by atoms with Gasteiger partial charge in [0.05, 0.1) is 12.0 Å². The Kier molecular flexibility index (Phi) is 3.71. The third-order valence-electron chi connectivity index (χ3n) is 5.50. The number of carboxylic acids is 1. The van der Waals surface area contributed by atoms with Crippen LogP contribution in [0.3, 0.4) is 0 Å². The van der Waals surface area contributed by atoms with Crippen LogP contribution in [0, 0.1) is 5.41 Å². The van der Waals surface area contributed by atoms with Gasteiger partial charge in [-0.25, -0.2) is 4.68 Å². The molecule has 3 rings (SSSR count). The van der Waals surface area contributed by atoms with Crippen molar-refractivity contribution in [3.8, 4) is 0 Å². The van der Waals surface area contributed by atoms with Crippen LogP contribution in [0.15, 0.2) is 0 Å². The van der Waals surface area contributed by atoms with Gasteiger partial charge in [0, 0.05) is 5.41 Å². The lowest BCUT2D eigenvalue weighted by molar-refractivity contribution is -0.152. The number of carboxylic acid groups (broad SMARTS) is 1. The predicted molar refractivity (Wildman–Crippen MR) is 76.8 cm³/mol. The lowest BCUT2D eigenvalue weighted by Crippen LogP contribution is -2.39. The summed E-state index contributed by atoms with van der Waals surface area (Å²) in [5.41, 5.74) is -0.671. The van der Waals surface area contributed by atoms with Gasteiger partial charge in [0.1, 0.15) is 0 Å². The summed E-state index contributed by atoms with van der Waals surface area (Å²) in [6, 6.07) is 0. The Bertz CT molecular complexity index is 513. The molecule has 0 saturated heterocycles. The first-order chi connectivity index (χ1) is 10.1. The Morgan fingerprint density at radius 2 is 1.76 bits per heavy atom. The maximum atomic E-state index is 11.8. The molecule has 0 aromatic carbocycles. The van der Waals surface area contributed by atoms with Crippen LogP contribution < -0.4 is 0 Å². The largest absolute Gasteiger partial charge is 0.481 e. The Morgan fingerprint density at radius 1 is 1.14 bits per heavy atom. The molecule has 6 heteroatoms. The Morgan fingerprint density at radius 3 is 2.38 bits per heavy atom. The molecule has 1 aromatic rings. The quantitative estimate of drug-likeness (QED) is 0.922. The first kappa shape index (κ1) is 14.5. The molecular formula is C15H24N4O2. The van der Waals surface area contributed by atoms with Crippen molar-refractivity contribution < 1.29 is 9.90 Å². The van der Waals surface area contributed by atoms with Crippen LogP contribution in [0.2, 0.25) is 0 Å². The molecule has 1 aromatic heterocycles. The molecular weight excluding hydrogens is 268 g/mol. The van der Waals surface area contributed by atoms with Crippen molar-refractivity contribution in [1.29, 1.82) is 0 Å². The fourth-order valence-electron chi connectivity index (χ4n) is 4.08. The van der Waals surface area contributed by atoms with Crippen LogP contribution in [-0.2, 0) is 16.8 Å². The van der Waals surface area contributed by atoms with E-state index in [0.717, 1.165) is 50.8 Å². The van der Waals surface area contributed by atoms with Gasteiger partial charge in [-0.3, -0.25) is 4.79 Å². The van der Waals surface area contributed by atoms with Gasteiger partial charge in [0.15, 0.2) is 5.82 Å². The zero-order chi connectivity index (χ0) is 14.9. The van der Waals surface area contributed by atoms with E-state index in [4.69, 9.17) is 0 Å². The molecule has 2 fully saturated rings. The van der Waals surface area contributed by atoms with Gasteiger partial charge in [-0.15, -0.1) is 5.10 Å². The molecule has 0 amide bonds. The van der Waals surface area contributed by atoms with Crippen LogP contribution in [0.1, 0.15) is 70.5 Å². The van der Waals surface area contributed by atoms with Crippen LogP contribution in [-0.4, -0.2) is 31.3 Å². The maximum Gasteiger partial charge on any atom is 0.311 e. The van der Waals surface area contributed by atoms with Gasteiger partial charge >= 0.3 is 5.97 Å². The van der Waals surface area contributed by atoms with E-state index >= 15 is 0 Å². The molecule has 116 valence electrons. The van der Waals surface area contributed by atoms with E-state index in [9.17, 15) is 9.90 Å². The molecule has 1 heterocycles. The van der Waals surface area contributed by atoms with E-state index in [1.54, 1.807) is 4.68 Å². The second kappa shape index (κ2) is 5.39. The molecule has 2 saturated carbocycles. The van der Waals surface area contributed by atoms with Gasteiger partial charge in [0.2, 0.25) is 0 Å². The number of nitrogens with zero attached hydrogens (tertiary/aromatic N) is 4. The third kappa shape index (κ3) is 2.56. The van der Waals surface area contributed by atoms with Crippen molar-refractivity contribution in [2.45, 2.75) is 76.7 Å². The number of hydrogen-bond acceptors (Lipinski definition) is 4. The van der Waals surface area contributed by atoms with Crippen LogP contribution in [0.5, 0.6) is 0 Å². The Balaban J connectivity index is 1.87. The zero-order valence-corrected chi connectivity index (χ0v) is 12.7. The van der Waals surface area contributed by atoms with Crippen LogP contribution >= 0.6 is 0 Å². The van der Waals surface area contributed by atoms with Gasteiger partial charge in [0.25, 0.3) is 0 Å². The van der Waals surface area contributed by atoms with Crippen molar-refractivity contribution in [3.05, 3.63) is 5.82 Å². The van der Waals surface area contributed by atoms with E-state index in [0.29, 0.717) is 6.54 Å². The minimum atomic E-state index is -0.694. The SMILES string of the molecule is CC1(c2nnnn2CC2(C(=O)O)CCCCC2)CCCC1. The van der Waals surface area contributed by atoms with Crippen LogP contribution in [0.4, 0.5) is 0 Å². The molecule has 0 aliphatic heterocycles. The van der Waals surface area contributed by atoms with Gasteiger partial charge in [-0.1, -0.05) is 39.0 Å². The summed E-state index contributed by atoms with van der Waals surface area (Å²) < 4.78 is 1.78. The number of aliphatic carboxylic acids is 1. The highest BCUT2D eigenvalue weighted by Gasteiger charge is 2.43. The topological polar surface area (TPSA) is 80.9 Å². The van der Waals surface area contributed by atoms with E-state index in [2.05, 4.69) is 22.4 Å². The zero-order valence-electron chi connectivity index (χ0n) is 12.7. The number of rotatable bonds is 4. The molecule has 0 radical (unpaired) electrons. The van der Waals surface area contributed by atoms with Gasteiger partial charge < -0.3 is 5.11 Å². The average molecular weight is 292 g/mol. The monoisotopic (exact) mass is 292 g/mol. The minimum absolute atomic E-state index is 0.0118. The molecule has 2 aliphatic rings. The molecule has 0 bridgehead atoms. The summed E-state index contributed by atoms with van der Waals surface area (Å²) in [5, 5.41) is 21.9. The first-order valence-electron chi connectivity index (χ1n) is 8.06. The lowest BCUT2D eigenvalue weighted by Gasteiger charge is -2.34. The molecule has 0 unspecified atom stereocenters. The normalized spacial score (nSPS) is 24.0. The van der Waals surface area contributed by atoms with Crippen LogP contribution in [0.25, 0.3) is 0 Å². The average Bonchev–Trinajstić information content (AvgIpc) is 3.09. The van der Waals surface area contributed by atoms with Gasteiger partial charge in [-0.2, -0.15) is 0 Å². The maximum absolute atomic E-state index is 11.8. The van der Waals surface area contributed by atoms with Crippen molar-refractivity contribution in [1.82, 2.24) is 20.2 Å². The lowest BCUT2D eigenvalue weighted by atomic mass is 9.74. The summed E-state index contributed by atoms with van der Waals surface area (Å²) in [6.45, 7) is 2.62. The molecule has 21 heavy (non-hydrogen) atoms. The highest BCUT2D eigenvalue weighted by atomic mass is 16.4. The highest BCUT2D eigenvalue weighted by molar-refractivity contribution is 5.74. The number of carbonyl (C=O) groups is 1. The van der Waals surface area contributed by atoms with Crippen molar-refractivity contribution in [2.75, 3.05) is 0 Å². The smallest absolute Gasteiger partial charge is 0.311 e.